The summed E-state index contributed by atoms with van der Waals surface area (Å²) in [6, 6.07) is 7.95. The smallest absolute Gasteiger partial charge is 0.237 e. The van der Waals surface area contributed by atoms with Crippen molar-refractivity contribution in [3.8, 4) is 0 Å². The van der Waals surface area contributed by atoms with Crippen LogP contribution in [0.2, 0.25) is 0 Å². The molecule has 0 aliphatic heterocycles. The van der Waals surface area contributed by atoms with Crippen LogP contribution in [-0.4, -0.2) is 11.9 Å². The highest BCUT2D eigenvalue weighted by Crippen LogP contribution is 2.24. The van der Waals surface area contributed by atoms with E-state index in [9.17, 15) is 4.79 Å². The normalized spacial score (nSPS) is 14.9. The van der Waals surface area contributed by atoms with E-state index in [1.54, 1.807) is 0 Å². The number of rotatable bonds is 5. The SMILES string of the molecule is CCc1ccc(C(NC(=O)C(N)C(C)(C)C)C(C)C)cc1. The Labute approximate surface area is 129 Å². The first-order valence-corrected chi connectivity index (χ1v) is 7.81. The molecule has 0 saturated carbocycles. The Morgan fingerprint density at radius 1 is 1.19 bits per heavy atom. The van der Waals surface area contributed by atoms with Gasteiger partial charge in [0.1, 0.15) is 0 Å². The van der Waals surface area contributed by atoms with Crippen molar-refractivity contribution in [3.63, 3.8) is 0 Å². The summed E-state index contributed by atoms with van der Waals surface area (Å²) in [7, 11) is 0. The fourth-order valence-corrected chi connectivity index (χ4v) is 2.23. The summed E-state index contributed by atoms with van der Waals surface area (Å²) in [6.07, 6.45) is 1.02. The third-order valence-electron chi connectivity index (χ3n) is 3.93. The molecule has 0 aliphatic carbocycles. The lowest BCUT2D eigenvalue weighted by Crippen LogP contribution is -2.50. The third kappa shape index (κ3) is 4.85. The van der Waals surface area contributed by atoms with E-state index in [1.165, 1.54) is 5.56 Å². The van der Waals surface area contributed by atoms with E-state index in [4.69, 9.17) is 5.73 Å². The van der Waals surface area contributed by atoms with Crippen LogP contribution in [0.25, 0.3) is 0 Å². The number of benzene rings is 1. The summed E-state index contributed by atoms with van der Waals surface area (Å²) < 4.78 is 0. The molecule has 0 radical (unpaired) electrons. The van der Waals surface area contributed by atoms with Gasteiger partial charge >= 0.3 is 0 Å². The number of carbonyl (C=O) groups excluding carboxylic acids is 1. The van der Waals surface area contributed by atoms with E-state index in [0.29, 0.717) is 5.92 Å². The molecule has 2 atom stereocenters. The number of hydrogen-bond donors (Lipinski definition) is 2. The molecule has 0 bridgehead atoms. The molecule has 0 aliphatic rings. The molecule has 3 nitrogen and oxygen atoms in total. The van der Waals surface area contributed by atoms with Crippen molar-refractivity contribution in [2.75, 3.05) is 0 Å². The van der Waals surface area contributed by atoms with Gasteiger partial charge in [-0.25, -0.2) is 0 Å². The summed E-state index contributed by atoms with van der Waals surface area (Å²) in [5.74, 6) is 0.231. The first kappa shape index (κ1) is 17.7. The standard InChI is InChI=1S/C18H30N2O/c1-7-13-8-10-14(11-9-13)15(12(2)3)20-17(21)16(19)18(4,5)6/h8-12,15-16H,7,19H2,1-6H3,(H,20,21). The van der Waals surface area contributed by atoms with E-state index in [2.05, 4.69) is 50.4 Å². The highest BCUT2D eigenvalue weighted by Gasteiger charge is 2.29. The second-order valence-electron chi connectivity index (χ2n) is 7.17. The molecule has 3 heteroatoms. The Hall–Kier alpha value is -1.35. The maximum absolute atomic E-state index is 12.4. The van der Waals surface area contributed by atoms with Crippen LogP contribution in [0.3, 0.4) is 0 Å². The first-order valence-electron chi connectivity index (χ1n) is 7.81. The zero-order chi connectivity index (χ0) is 16.2. The molecule has 1 rings (SSSR count). The topological polar surface area (TPSA) is 55.1 Å². The van der Waals surface area contributed by atoms with Crippen LogP contribution in [0.1, 0.15) is 58.7 Å². The van der Waals surface area contributed by atoms with Crippen LogP contribution in [-0.2, 0) is 11.2 Å². The molecule has 0 heterocycles. The summed E-state index contributed by atoms with van der Waals surface area (Å²) in [5, 5.41) is 3.11. The van der Waals surface area contributed by atoms with Crippen LogP contribution in [0.5, 0.6) is 0 Å². The Morgan fingerprint density at radius 2 is 1.71 bits per heavy atom. The predicted octanol–water partition coefficient (Wildman–Crippen LogP) is 3.44. The number of nitrogens with two attached hydrogens (primary N) is 1. The molecular weight excluding hydrogens is 260 g/mol. The summed E-state index contributed by atoms with van der Waals surface area (Å²) in [6.45, 7) is 12.3. The number of aryl methyl sites for hydroxylation is 1. The molecule has 2 unspecified atom stereocenters. The van der Waals surface area contributed by atoms with Gasteiger partial charge in [0.15, 0.2) is 0 Å². The van der Waals surface area contributed by atoms with E-state index in [0.717, 1.165) is 12.0 Å². The maximum atomic E-state index is 12.4. The highest BCUT2D eigenvalue weighted by atomic mass is 16.2. The second-order valence-corrected chi connectivity index (χ2v) is 7.17. The third-order valence-corrected chi connectivity index (χ3v) is 3.93. The molecule has 0 spiro atoms. The van der Waals surface area contributed by atoms with E-state index >= 15 is 0 Å². The average molecular weight is 290 g/mol. The lowest BCUT2D eigenvalue weighted by molar-refractivity contribution is -0.125. The molecule has 21 heavy (non-hydrogen) atoms. The van der Waals surface area contributed by atoms with Gasteiger partial charge in [-0.3, -0.25) is 4.79 Å². The molecule has 0 aromatic heterocycles. The Kier molecular flexibility index (Phi) is 5.97. The molecule has 1 aromatic rings. The van der Waals surface area contributed by atoms with Crippen molar-refractivity contribution in [3.05, 3.63) is 35.4 Å². The van der Waals surface area contributed by atoms with Crippen molar-refractivity contribution >= 4 is 5.91 Å². The fraction of sp³-hybridized carbons (Fsp3) is 0.611. The van der Waals surface area contributed by atoms with Crippen LogP contribution >= 0.6 is 0 Å². The van der Waals surface area contributed by atoms with Gasteiger partial charge in [0, 0.05) is 0 Å². The van der Waals surface area contributed by atoms with Gasteiger partial charge in [-0.2, -0.15) is 0 Å². The predicted molar refractivity (Wildman–Crippen MR) is 89.0 cm³/mol. The van der Waals surface area contributed by atoms with Crippen LogP contribution in [0.15, 0.2) is 24.3 Å². The van der Waals surface area contributed by atoms with Crippen LogP contribution in [0.4, 0.5) is 0 Å². The van der Waals surface area contributed by atoms with Crippen molar-refractivity contribution < 1.29 is 4.79 Å². The van der Waals surface area contributed by atoms with Gasteiger partial charge in [0.05, 0.1) is 12.1 Å². The number of amides is 1. The van der Waals surface area contributed by atoms with E-state index < -0.39 is 6.04 Å². The Balaban J connectivity index is 2.90. The first-order chi connectivity index (χ1) is 9.66. The molecule has 0 saturated heterocycles. The van der Waals surface area contributed by atoms with Gasteiger partial charge in [0.25, 0.3) is 0 Å². The average Bonchev–Trinajstić information content (AvgIpc) is 2.42. The molecule has 1 aromatic carbocycles. The molecular formula is C18H30N2O. The van der Waals surface area contributed by atoms with Gasteiger partial charge in [-0.15, -0.1) is 0 Å². The second kappa shape index (κ2) is 7.08. The highest BCUT2D eigenvalue weighted by molar-refractivity contribution is 5.82. The lowest BCUT2D eigenvalue weighted by Gasteiger charge is -2.30. The van der Waals surface area contributed by atoms with Crippen LogP contribution < -0.4 is 11.1 Å². The molecule has 1 amide bonds. The number of carbonyl (C=O) groups is 1. The lowest BCUT2D eigenvalue weighted by atomic mass is 9.86. The fourth-order valence-electron chi connectivity index (χ4n) is 2.23. The van der Waals surface area contributed by atoms with Gasteiger partial charge < -0.3 is 11.1 Å². The van der Waals surface area contributed by atoms with Crippen LogP contribution in [0, 0.1) is 11.3 Å². The number of nitrogens with one attached hydrogen (secondary N) is 1. The summed E-state index contributed by atoms with van der Waals surface area (Å²) >= 11 is 0. The summed E-state index contributed by atoms with van der Waals surface area (Å²) in [4.78, 5) is 12.4. The molecule has 3 N–H and O–H groups in total. The van der Waals surface area contributed by atoms with E-state index in [1.807, 2.05) is 20.8 Å². The molecule has 118 valence electrons. The largest absolute Gasteiger partial charge is 0.348 e. The van der Waals surface area contributed by atoms with Gasteiger partial charge in [0.2, 0.25) is 5.91 Å². The molecule has 0 fully saturated rings. The van der Waals surface area contributed by atoms with Crippen molar-refractivity contribution in [2.24, 2.45) is 17.1 Å². The zero-order valence-corrected chi connectivity index (χ0v) is 14.2. The van der Waals surface area contributed by atoms with Crippen molar-refractivity contribution in [1.29, 1.82) is 0 Å². The summed E-state index contributed by atoms with van der Waals surface area (Å²) in [5.41, 5.74) is 8.26. The maximum Gasteiger partial charge on any atom is 0.237 e. The zero-order valence-electron chi connectivity index (χ0n) is 14.2. The Morgan fingerprint density at radius 3 is 2.10 bits per heavy atom. The van der Waals surface area contributed by atoms with Gasteiger partial charge in [-0.1, -0.05) is 65.8 Å². The van der Waals surface area contributed by atoms with Gasteiger partial charge in [-0.05, 0) is 28.9 Å². The van der Waals surface area contributed by atoms with E-state index in [-0.39, 0.29) is 17.4 Å². The monoisotopic (exact) mass is 290 g/mol. The van der Waals surface area contributed by atoms with Crippen molar-refractivity contribution in [1.82, 2.24) is 5.32 Å². The minimum atomic E-state index is -0.506. The Bertz CT molecular complexity index is 457. The quantitative estimate of drug-likeness (QED) is 0.873. The number of hydrogen-bond acceptors (Lipinski definition) is 2. The van der Waals surface area contributed by atoms with Crippen molar-refractivity contribution in [2.45, 2.75) is 60.0 Å². The minimum Gasteiger partial charge on any atom is -0.348 e. The minimum absolute atomic E-state index is 0.00296.